The third-order valence-electron chi connectivity index (χ3n) is 4.65. The van der Waals surface area contributed by atoms with Crippen LogP contribution in [-0.4, -0.2) is 29.5 Å². The second-order valence-electron chi connectivity index (χ2n) is 6.33. The second kappa shape index (κ2) is 5.48. The SMILES string of the molecule is Cc1cccc(-c2cnc(C(=O)NC3CC4CNC3C4)s2)c1. The van der Waals surface area contributed by atoms with E-state index in [2.05, 4.69) is 40.7 Å². The lowest BCUT2D eigenvalue weighted by Crippen LogP contribution is -2.47. The standard InChI is InChI=1S/C17H19N3OS/c1-10-3-2-4-12(5-10)15-9-19-17(22-15)16(21)20-14-7-11-6-13(14)18-8-11/h2-5,9,11,13-14,18H,6-8H2,1H3,(H,20,21). The quantitative estimate of drug-likeness (QED) is 0.916. The Kier molecular flexibility index (Phi) is 3.47. The molecule has 1 aromatic carbocycles. The predicted molar refractivity (Wildman–Crippen MR) is 88.1 cm³/mol. The van der Waals surface area contributed by atoms with Gasteiger partial charge < -0.3 is 10.6 Å². The highest BCUT2D eigenvalue weighted by atomic mass is 32.1. The number of rotatable bonds is 3. The number of benzene rings is 1. The van der Waals surface area contributed by atoms with Crippen LogP contribution in [0.25, 0.3) is 10.4 Å². The summed E-state index contributed by atoms with van der Waals surface area (Å²) in [6, 6.07) is 8.99. The highest BCUT2D eigenvalue weighted by molar-refractivity contribution is 7.16. The Bertz CT molecular complexity index is 711. The van der Waals surface area contributed by atoms with E-state index in [0.29, 0.717) is 11.0 Å². The summed E-state index contributed by atoms with van der Waals surface area (Å²) >= 11 is 1.46. The van der Waals surface area contributed by atoms with Crippen LogP contribution in [-0.2, 0) is 0 Å². The molecular formula is C17H19N3OS. The maximum absolute atomic E-state index is 12.4. The molecule has 4 nitrogen and oxygen atoms in total. The zero-order valence-corrected chi connectivity index (χ0v) is 13.3. The Labute approximate surface area is 134 Å². The molecule has 5 heteroatoms. The summed E-state index contributed by atoms with van der Waals surface area (Å²) in [6.45, 7) is 3.17. The molecule has 2 heterocycles. The van der Waals surface area contributed by atoms with Crippen molar-refractivity contribution >= 4 is 17.2 Å². The van der Waals surface area contributed by atoms with Crippen LogP contribution in [0.5, 0.6) is 0 Å². The van der Waals surface area contributed by atoms with Crippen molar-refractivity contribution in [2.45, 2.75) is 31.8 Å². The molecule has 1 saturated carbocycles. The Hall–Kier alpha value is -1.72. The molecule has 3 atom stereocenters. The Morgan fingerprint density at radius 2 is 2.32 bits per heavy atom. The van der Waals surface area contributed by atoms with Gasteiger partial charge in [0, 0.05) is 18.3 Å². The lowest BCUT2D eigenvalue weighted by atomic mass is 10.1. The lowest BCUT2D eigenvalue weighted by molar-refractivity contribution is 0.0928. The highest BCUT2D eigenvalue weighted by Gasteiger charge is 2.40. The van der Waals surface area contributed by atoms with Gasteiger partial charge in [-0.3, -0.25) is 4.79 Å². The minimum absolute atomic E-state index is 0.0387. The number of carbonyl (C=O) groups is 1. The van der Waals surface area contributed by atoms with E-state index in [0.717, 1.165) is 29.3 Å². The van der Waals surface area contributed by atoms with Gasteiger partial charge in [-0.2, -0.15) is 0 Å². The van der Waals surface area contributed by atoms with Crippen molar-refractivity contribution in [2.75, 3.05) is 6.54 Å². The number of nitrogens with zero attached hydrogens (tertiary/aromatic N) is 1. The van der Waals surface area contributed by atoms with E-state index in [1.807, 2.05) is 6.07 Å². The molecule has 2 N–H and O–H groups in total. The summed E-state index contributed by atoms with van der Waals surface area (Å²) in [6.07, 6.45) is 4.09. The smallest absolute Gasteiger partial charge is 0.280 e. The van der Waals surface area contributed by atoms with Crippen LogP contribution in [0.2, 0.25) is 0 Å². The molecule has 114 valence electrons. The van der Waals surface area contributed by atoms with Crippen LogP contribution in [0.15, 0.2) is 30.5 Å². The van der Waals surface area contributed by atoms with Crippen molar-refractivity contribution in [2.24, 2.45) is 5.92 Å². The van der Waals surface area contributed by atoms with Crippen molar-refractivity contribution in [3.8, 4) is 10.4 Å². The molecule has 1 aromatic heterocycles. The molecule has 22 heavy (non-hydrogen) atoms. The van der Waals surface area contributed by atoms with Crippen LogP contribution in [0.3, 0.4) is 0 Å². The van der Waals surface area contributed by atoms with Crippen molar-refractivity contribution in [1.82, 2.24) is 15.6 Å². The molecular weight excluding hydrogens is 294 g/mol. The first-order valence-electron chi connectivity index (χ1n) is 7.76. The zero-order chi connectivity index (χ0) is 15.1. The monoisotopic (exact) mass is 313 g/mol. The maximum atomic E-state index is 12.4. The fourth-order valence-electron chi connectivity index (χ4n) is 3.55. The number of piperidine rings is 1. The number of hydrogen-bond acceptors (Lipinski definition) is 4. The zero-order valence-electron chi connectivity index (χ0n) is 12.5. The second-order valence-corrected chi connectivity index (χ2v) is 7.36. The first-order chi connectivity index (χ1) is 10.7. The third kappa shape index (κ3) is 2.55. The molecule has 1 aliphatic carbocycles. The molecule has 1 amide bonds. The summed E-state index contributed by atoms with van der Waals surface area (Å²) in [4.78, 5) is 17.8. The van der Waals surface area contributed by atoms with Crippen LogP contribution < -0.4 is 10.6 Å². The third-order valence-corrected chi connectivity index (χ3v) is 5.69. The number of carbonyl (C=O) groups excluding carboxylic acids is 1. The Morgan fingerprint density at radius 3 is 3.05 bits per heavy atom. The number of nitrogens with one attached hydrogen (secondary N) is 2. The van der Waals surface area contributed by atoms with Gasteiger partial charge in [0.1, 0.15) is 0 Å². The average molecular weight is 313 g/mol. The summed E-state index contributed by atoms with van der Waals surface area (Å²) in [7, 11) is 0. The fourth-order valence-corrected chi connectivity index (χ4v) is 4.37. The first-order valence-corrected chi connectivity index (χ1v) is 8.58. The van der Waals surface area contributed by atoms with E-state index in [-0.39, 0.29) is 11.9 Å². The van der Waals surface area contributed by atoms with Gasteiger partial charge in [-0.1, -0.05) is 29.8 Å². The predicted octanol–water partition coefficient (Wildman–Crippen LogP) is 2.60. The van der Waals surface area contributed by atoms with Gasteiger partial charge in [0.2, 0.25) is 0 Å². The average Bonchev–Trinajstić information content (AvgIpc) is 3.23. The van der Waals surface area contributed by atoms with Crippen molar-refractivity contribution in [3.05, 3.63) is 41.0 Å². The molecule has 1 aliphatic heterocycles. The van der Waals surface area contributed by atoms with Crippen molar-refractivity contribution < 1.29 is 4.79 Å². The van der Waals surface area contributed by atoms with Crippen molar-refractivity contribution in [3.63, 3.8) is 0 Å². The summed E-state index contributed by atoms with van der Waals surface area (Å²) in [5.41, 5.74) is 2.34. The van der Waals surface area contributed by atoms with Crippen LogP contribution in [0.4, 0.5) is 0 Å². The van der Waals surface area contributed by atoms with E-state index in [1.165, 1.54) is 23.3 Å². The summed E-state index contributed by atoms with van der Waals surface area (Å²) in [5, 5.41) is 7.17. The number of amides is 1. The lowest BCUT2D eigenvalue weighted by Gasteiger charge is -2.23. The molecule has 3 unspecified atom stereocenters. The molecule has 2 fully saturated rings. The van der Waals surface area contributed by atoms with Gasteiger partial charge in [-0.25, -0.2) is 4.98 Å². The van der Waals surface area contributed by atoms with E-state index in [9.17, 15) is 4.79 Å². The molecule has 0 radical (unpaired) electrons. The van der Waals surface area contributed by atoms with E-state index in [4.69, 9.17) is 0 Å². The topological polar surface area (TPSA) is 54.0 Å². The van der Waals surface area contributed by atoms with Gasteiger partial charge in [0.15, 0.2) is 5.01 Å². The van der Waals surface area contributed by atoms with Gasteiger partial charge in [-0.05, 0) is 37.8 Å². The van der Waals surface area contributed by atoms with Gasteiger partial charge in [-0.15, -0.1) is 11.3 Å². The van der Waals surface area contributed by atoms with E-state index in [1.54, 1.807) is 6.20 Å². The fraction of sp³-hybridized carbons (Fsp3) is 0.412. The minimum atomic E-state index is -0.0387. The van der Waals surface area contributed by atoms with E-state index >= 15 is 0 Å². The summed E-state index contributed by atoms with van der Waals surface area (Å²) < 4.78 is 0. The van der Waals surface area contributed by atoms with Gasteiger partial charge in [0.25, 0.3) is 5.91 Å². The molecule has 4 rings (SSSR count). The van der Waals surface area contributed by atoms with Gasteiger partial charge in [0.05, 0.1) is 4.88 Å². The largest absolute Gasteiger partial charge is 0.346 e. The molecule has 0 spiro atoms. The Morgan fingerprint density at radius 1 is 1.41 bits per heavy atom. The number of aromatic nitrogens is 1. The van der Waals surface area contributed by atoms with Crippen molar-refractivity contribution in [1.29, 1.82) is 0 Å². The highest BCUT2D eigenvalue weighted by Crippen LogP contribution is 2.32. The van der Waals surface area contributed by atoms with Crippen LogP contribution >= 0.6 is 11.3 Å². The minimum Gasteiger partial charge on any atom is -0.346 e. The molecule has 2 aliphatic rings. The molecule has 1 saturated heterocycles. The first kappa shape index (κ1) is 13.9. The van der Waals surface area contributed by atoms with Crippen LogP contribution in [0, 0.1) is 12.8 Å². The molecule has 2 bridgehead atoms. The van der Waals surface area contributed by atoms with Crippen LogP contribution in [0.1, 0.15) is 28.2 Å². The van der Waals surface area contributed by atoms with Gasteiger partial charge >= 0.3 is 0 Å². The van der Waals surface area contributed by atoms with E-state index < -0.39 is 0 Å². The number of hydrogen-bond donors (Lipinski definition) is 2. The Balaban J connectivity index is 1.48. The number of fused-ring (bicyclic) bond motifs is 2. The molecule has 2 aromatic rings. The summed E-state index contributed by atoms with van der Waals surface area (Å²) in [5.74, 6) is 0.692. The normalized spacial score (nSPS) is 26.3. The number of aryl methyl sites for hydroxylation is 1. The number of thiazole rings is 1. The maximum Gasteiger partial charge on any atom is 0.280 e.